The van der Waals surface area contributed by atoms with Gasteiger partial charge in [0, 0.05) is 31.0 Å². The van der Waals surface area contributed by atoms with Gasteiger partial charge in [-0.3, -0.25) is 9.36 Å². The lowest BCUT2D eigenvalue weighted by atomic mass is 9.90. The monoisotopic (exact) mass is 370 g/mol. The third-order valence-electron chi connectivity index (χ3n) is 5.23. The summed E-state index contributed by atoms with van der Waals surface area (Å²) in [5.41, 5.74) is 0.664. The number of hydrogen-bond donors (Lipinski definition) is 0. The molecule has 1 amide bonds. The van der Waals surface area contributed by atoms with Crippen molar-refractivity contribution in [3.63, 3.8) is 0 Å². The van der Waals surface area contributed by atoms with Crippen LogP contribution in [0.4, 0.5) is 0 Å². The van der Waals surface area contributed by atoms with Gasteiger partial charge in [0.2, 0.25) is 5.91 Å². The highest BCUT2D eigenvalue weighted by Crippen LogP contribution is 2.29. The van der Waals surface area contributed by atoms with Crippen molar-refractivity contribution in [1.82, 2.24) is 19.2 Å². The van der Waals surface area contributed by atoms with Crippen LogP contribution in [0, 0.1) is 5.41 Å². The number of hydrogen-bond acceptors (Lipinski definition) is 3. The van der Waals surface area contributed by atoms with E-state index in [2.05, 4.69) is 5.10 Å². The predicted molar refractivity (Wildman–Crippen MR) is 106 cm³/mol. The molecule has 0 radical (unpaired) electrons. The van der Waals surface area contributed by atoms with Gasteiger partial charge in [-0.15, -0.1) is 0 Å². The minimum Gasteiger partial charge on any atom is -0.342 e. The van der Waals surface area contributed by atoms with E-state index in [0.29, 0.717) is 13.1 Å². The van der Waals surface area contributed by atoms with Crippen molar-refractivity contribution in [2.24, 2.45) is 5.41 Å². The number of aromatic nitrogens is 3. The second-order valence-corrected chi connectivity index (χ2v) is 8.34. The lowest BCUT2D eigenvalue weighted by molar-refractivity contribution is -0.140. The predicted octanol–water partition coefficient (Wildman–Crippen LogP) is 2.87. The highest BCUT2D eigenvalue weighted by atomic mass is 16.2. The van der Waals surface area contributed by atoms with Crippen LogP contribution in [-0.2, 0) is 17.9 Å². The summed E-state index contributed by atoms with van der Waals surface area (Å²) < 4.78 is 3.36. The lowest BCUT2D eigenvalue weighted by Crippen LogP contribution is -2.44. The molecule has 0 saturated carbocycles. The van der Waals surface area contributed by atoms with Gasteiger partial charge in [0.15, 0.2) is 0 Å². The molecule has 6 heteroatoms. The lowest BCUT2D eigenvalue weighted by Gasteiger charge is -2.35. The molecule has 0 spiro atoms. The average Bonchev–Trinajstić information content (AvgIpc) is 2.97. The summed E-state index contributed by atoms with van der Waals surface area (Å²) in [5.74, 6) is 1.28. The molecule has 27 heavy (non-hydrogen) atoms. The Morgan fingerprint density at radius 3 is 2.33 bits per heavy atom. The molecule has 6 nitrogen and oxygen atoms in total. The Hall–Kier alpha value is -2.37. The zero-order valence-electron chi connectivity index (χ0n) is 16.8. The van der Waals surface area contributed by atoms with Crippen LogP contribution >= 0.6 is 0 Å². The molecule has 0 atom stereocenters. The van der Waals surface area contributed by atoms with Crippen molar-refractivity contribution in [2.45, 2.75) is 59.5 Å². The first-order valence-corrected chi connectivity index (χ1v) is 9.82. The maximum atomic E-state index is 12.8. The maximum Gasteiger partial charge on any atom is 0.346 e. The number of nitrogens with zero attached hydrogens (tertiary/aromatic N) is 4. The minimum absolute atomic E-state index is 0.0513. The van der Waals surface area contributed by atoms with E-state index in [1.165, 1.54) is 0 Å². The number of rotatable bonds is 4. The van der Waals surface area contributed by atoms with Crippen LogP contribution in [0.5, 0.6) is 0 Å². The molecule has 1 saturated heterocycles. The first-order chi connectivity index (χ1) is 12.8. The number of likely N-dealkylation sites (tertiary alicyclic amines) is 1. The Morgan fingerprint density at radius 2 is 1.78 bits per heavy atom. The van der Waals surface area contributed by atoms with E-state index >= 15 is 0 Å². The Balaban J connectivity index is 1.77. The Morgan fingerprint density at radius 1 is 1.15 bits per heavy atom. The van der Waals surface area contributed by atoms with Gasteiger partial charge < -0.3 is 4.90 Å². The first kappa shape index (κ1) is 19.4. The third kappa shape index (κ3) is 4.15. The standard InChI is InChI=1S/C21H30N4O2/c1-5-24-18(17-11-13-23(14-12-17)19(26)21(2,3)4)22-25(20(24)27)15-16-9-7-6-8-10-16/h6-10,17H,5,11-15H2,1-4H3. The van der Waals surface area contributed by atoms with Crippen molar-refractivity contribution in [3.05, 3.63) is 52.2 Å². The number of carbonyl (C=O) groups excluding carboxylic acids is 1. The number of amides is 1. The Kier molecular flexibility index (Phi) is 5.53. The summed E-state index contributed by atoms with van der Waals surface area (Å²) in [6.07, 6.45) is 1.70. The Bertz CT molecular complexity index is 837. The molecule has 146 valence electrons. The van der Waals surface area contributed by atoms with Crippen molar-refractivity contribution in [3.8, 4) is 0 Å². The molecule has 3 rings (SSSR count). The van der Waals surface area contributed by atoms with Crippen LogP contribution in [0.2, 0.25) is 0 Å². The highest BCUT2D eigenvalue weighted by Gasteiger charge is 2.32. The summed E-state index contributed by atoms with van der Waals surface area (Å²) in [4.78, 5) is 27.2. The van der Waals surface area contributed by atoms with Crippen molar-refractivity contribution < 1.29 is 4.79 Å². The fourth-order valence-corrected chi connectivity index (χ4v) is 3.73. The van der Waals surface area contributed by atoms with Crippen LogP contribution in [0.3, 0.4) is 0 Å². The van der Waals surface area contributed by atoms with Gasteiger partial charge in [0.1, 0.15) is 5.82 Å². The van der Waals surface area contributed by atoms with E-state index < -0.39 is 0 Å². The molecule has 0 bridgehead atoms. The molecule has 1 aromatic carbocycles. The van der Waals surface area contributed by atoms with E-state index in [9.17, 15) is 9.59 Å². The van der Waals surface area contributed by atoms with E-state index in [0.717, 1.165) is 37.3 Å². The summed E-state index contributed by atoms with van der Waals surface area (Å²) in [6.45, 7) is 10.4. The first-order valence-electron chi connectivity index (χ1n) is 9.82. The van der Waals surface area contributed by atoms with Gasteiger partial charge in [0.25, 0.3) is 0 Å². The van der Waals surface area contributed by atoms with Gasteiger partial charge in [-0.2, -0.15) is 5.10 Å². The second kappa shape index (κ2) is 7.71. The molecule has 1 aliphatic heterocycles. The molecule has 1 aliphatic rings. The van der Waals surface area contributed by atoms with Gasteiger partial charge in [0.05, 0.1) is 6.54 Å². The fourth-order valence-electron chi connectivity index (χ4n) is 3.73. The van der Waals surface area contributed by atoms with E-state index in [-0.39, 0.29) is 22.9 Å². The quantitative estimate of drug-likeness (QED) is 0.831. The van der Waals surface area contributed by atoms with Crippen LogP contribution in [0.1, 0.15) is 57.8 Å². The Labute approximate surface area is 160 Å². The van der Waals surface area contributed by atoms with Crippen LogP contribution in [-0.4, -0.2) is 38.2 Å². The zero-order chi connectivity index (χ0) is 19.6. The van der Waals surface area contributed by atoms with E-state index in [1.807, 2.05) is 62.9 Å². The topological polar surface area (TPSA) is 60.1 Å². The highest BCUT2D eigenvalue weighted by molar-refractivity contribution is 5.81. The number of piperidine rings is 1. The van der Waals surface area contributed by atoms with Crippen molar-refractivity contribution in [2.75, 3.05) is 13.1 Å². The summed E-state index contributed by atoms with van der Waals surface area (Å²) in [7, 11) is 0. The average molecular weight is 370 g/mol. The van der Waals surface area contributed by atoms with Gasteiger partial charge in [-0.25, -0.2) is 9.48 Å². The molecule has 0 N–H and O–H groups in total. The summed E-state index contributed by atoms with van der Waals surface area (Å²) >= 11 is 0. The van der Waals surface area contributed by atoms with Crippen LogP contribution in [0.15, 0.2) is 35.1 Å². The molecule has 0 unspecified atom stereocenters. The molecule has 1 aromatic heterocycles. The van der Waals surface area contributed by atoms with E-state index in [1.54, 1.807) is 9.25 Å². The number of carbonyl (C=O) groups is 1. The molecule has 0 aliphatic carbocycles. The smallest absolute Gasteiger partial charge is 0.342 e. The maximum absolute atomic E-state index is 12.8. The second-order valence-electron chi connectivity index (χ2n) is 8.34. The zero-order valence-corrected chi connectivity index (χ0v) is 16.8. The number of benzene rings is 1. The largest absolute Gasteiger partial charge is 0.346 e. The van der Waals surface area contributed by atoms with Gasteiger partial charge in [-0.1, -0.05) is 51.1 Å². The van der Waals surface area contributed by atoms with Crippen molar-refractivity contribution in [1.29, 1.82) is 0 Å². The van der Waals surface area contributed by atoms with Crippen molar-refractivity contribution >= 4 is 5.91 Å². The fraction of sp³-hybridized carbons (Fsp3) is 0.571. The minimum atomic E-state index is -0.352. The molecule has 2 heterocycles. The van der Waals surface area contributed by atoms with E-state index in [4.69, 9.17) is 0 Å². The SMILES string of the molecule is CCn1c(C2CCN(C(=O)C(C)(C)C)CC2)nn(Cc2ccccc2)c1=O. The molecular formula is C21H30N4O2. The normalized spacial score (nSPS) is 15.9. The molecule has 1 fully saturated rings. The molecule has 2 aromatic rings. The van der Waals surface area contributed by atoms with Crippen LogP contribution in [0.25, 0.3) is 0 Å². The summed E-state index contributed by atoms with van der Waals surface area (Å²) in [6, 6.07) is 9.93. The van der Waals surface area contributed by atoms with Crippen LogP contribution < -0.4 is 5.69 Å². The van der Waals surface area contributed by atoms with Gasteiger partial charge >= 0.3 is 5.69 Å². The summed E-state index contributed by atoms with van der Waals surface area (Å²) in [5, 5.41) is 4.68. The third-order valence-corrected chi connectivity index (χ3v) is 5.23. The molecular weight excluding hydrogens is 340 g/mol. The van der Waals surface area contributed by atoms with Gasteiger partial charge in [-0.05, 0) is 25.3 Å².